The van der Waals surface area contributed by atoms with Gasteiger partial charge in [-0.2, -0.15) is 0 Å². The quantitative estimate of drug-likeness (QED) is 0.0520. The summed E-state index contributed by atoms with van der Waals surface area (Å²) in [6.45, 7) is 20.3. The van der Waals surface area contributed by atoms with E-state index in [2.05, 4.69) is 114 Å². The number of aryl methyl sites for hydroxylation is 5. The first kappa shape index (κ1) is 41.1. The van der Waals surface area contributed by atoms with Crippen LogP contribution in [0.3, 0.4) is 0 Å². The third-order valence-electron chi connectivity index (χ3n) is 10.2. The van der Waals surface area contributed by atoms with Crippen LogP contribution in [0.5, 0.6) is 0 Å². The van der Waals surface area contributed by atoms with Gasteiger partial charge < -0.3 is 9.47 Å². The highest BCUT2D eigenvalue weighted by atomic mass is 16.5. The van der Waals surface area contributed by atoms with Crippen molar-refractivity contribution in [3.63, 3.8) is 0 Å². The Labute approximate surface area is 319 Å². The number of carbonyl (C=O) groups excluding carboxylic acids is 2. The summed E-state index contributed by atoms with van der Waals surface area (Å²) in [5, 5.41) is 0. The van der Waals surface area contributed by atoms with Crippen molar-refractivity contribution in [3.05, 3.63) is 130 Å². The summed E-state index contributed by atoms with van der Waals surface area (Å²) in [5.74, 6) is -0.702. The molecule has 0 aromatic heterocycles. The largest absolute Gasteiger partial charge is 0.462 e. The maximum absolute atomic E-state index is 12.0. The van der Waals surface area contributed by atoms with Crippen LogP contribution in [0.4, 0.5) is 0 Å². The molecule has 4 aromatic rings. The highest BCUT2D eigenvalue weighted by Gasteiger charge is 2.15. The lowest BCUT2D eigenvalue weighted by molar-refractivity contribution is -0.139. The topological polar surface area (TPSA) is 52.6 Å². The molecular weight excluding hydrogens is 653 g/mol. The summed E-state index contributed by atoms with van der Waals surface area (Å²) in [7, 11) is 0. The van der Waals surface area contributed by atoms with E-state index in [1.807, 2.05) is 0 Å². The number of benzene rings is 4. The van der Waals surface area contributed by atoms with Crippen molar-refractivity contribution in [1.82, 2.24) is 0 Å². The summed E-state index contributed by atoms with van der Waals surface area (Å²) < 4.78 is 10.8. The Bertz CT molecular complexity index is 1820. The van der Waals surface area contributed by atoms with Crippen molar-refractivity contribution in [2.75, 3.05) is 13.2 Å². The fourth-order valence-electron chi connectivity index (χ4n) is 6.92. The molecule has 4 rings (SSSR count). The van der Waals surface area contributed by atoms with Gasteiger partial charge in [0.15, 0.2) is 0 Å². The lowest BCUT2D eigenvalue weighted by Crippen LogP contribution is -2.08. The van der Waals surface area contributed by atoms with Gasteiger partial charge in [-0.25, -0.2) is 9.59 Å². The molecule has 0 radical (unpaired) electrons. The fraction of sp³-hybridized carbons (Fsp3) is 0.388. The normalized spacial score (nSPS) is 11.0. The highest BCUT2D eigenvalue weighted by Crippen LogP contribution is 2.35. The molecule has 53 heavy (non-hydrogen) atoms. The van der Waals surface area contributed by atoms with Gasteiger partial charge >= 0.3 is 11.9 Å². The molecule has 0 amide bonds. The lowest BCUT2D eigenvalue weighted by Gasteiger charge is -2.18. The van der Waals surface area contributed by atoms with E-state index < -0.39 is 0 Å². The van der Waals surface area contributed by atoms with Gasteiger partial charge in [-0.15, -0.1) is 0 Å². The third kappa shape index (κ3) is 11.6. The molecular formula is C49H60O4. The van der Waals surface area contributed by atoms with Gasteiger partial charge in [0, 0.05) is 11.1 Å². The SMILES string of the molecule is C=C(C)C(=O)OCCCc1cc(-c2ccc(-c3ccc(-c4ccc(CCCCCC)cc4)c(CC)c3)cc2CC)cc(CCCOC(=O)C(=C)C)c1C. The second-order valence-corrected chi connectivity index (χ2v) is 14.4. The Morgan fingerprint density at radius 2 is 0.981 bits per heavy atom. The van der Waals surface area contributed by atoms with E-state index >= 15 is 0 Å². The van der Waals surface area contributed by atoms with Crippen molar-refractivity contribution >= 4 is 11.9 Å². The Morgan fingerprint density at radius 1 is 0.528 bits per heavy atom. The predicted octanol–water partition coefficient (Wildman–Crippen LogP) is 12.3. The van der Waals surface area contributed by atoms with E-state index in [-0.39, 0.29) is 11.9 Å². The van der Waals surface area contributed by atoms with Gasteiger partial charge in [0.25, 0.3) is 0 Å². The third-order valence-corrected chi connectivity index (χ3v) is 10.2. The van der Waals surface area contributed by atoms with Gasteiger partial charge in [0.05, 0.1) is 13.2 Å². The van der Waals surface area contributed by atoms with Crippen molar-refractivity contribution in [1.29, 1.82) is 0 Å². The summed E-state index contributed by atoms with van der Waals surface area (Å²) in [5.41, 5.74) is 16.1. The molecule has 0 spiro atoms. The van der Waals surface area contributed by atoms with E-state index in [0.29, 0.717) is 24.4 Å². The van der Waals surface area contributed by atoms with Crippen LogP contribution < -0.4 is 0 Å². The molecule has 0 aliphatic heterocycles. The zero-order valence-corrected chi connectivity index (χ0v) is 33.2. The lowest BCUT2D eigenvalue weighted by atomic mass is 9.87. The molecule has 4 aromatic carbocycles. The minimum Gasteiger partial charge on any atom is -0.462 e. The van der Waals surface area contributed by atoms with Gasteiger partial charge in [0.2, 0.25) is 0 Å². The van der Waals surface area contributed by atoms with E-state index in [4.69, 9.17) is 9.47 Å². The molecule has 0 atom stereocenters. The van der Waals surface area contributed by atoms with Crippen molar-refractivity contribution in [2.45, 2.75) is 112 Å². The second-order valence-electron chi connectivity index (χ2n) is 14.4. The number of carbonyl (C=O) groups is 2. The minimum absolute atomic E-state index is 0.347. The number of hydrogen-bond donors (Lipinski definition) is 0. The van der Waals surface area contributed by atoms with E-state index in [1.54, 1.807) is 13.8 Å². The standard InChI is InChI=1S/C49H60O4/c1-9-12-13-14-17-37-20-22-40(23-21-37)46-26-24-43(30-38(46)10-2)44-25-27-47(39(11-3)31-44)45-32-41(18-15-28-52-48(50)34(4)5)36(8)42(33-45)19-16-29-53-49(51)35(6)7/h20-27,30-33H,4,6,9-19,28-29H2,1-3,5,7-8H3. The molecule has 4 heteroatoms. The number of esters is 2. The van der Waals surface area contributed by atoms with Gasteiger partial charge in [-0.1, -0.05) is 126 Å². The molecule has 0 bridgehead atoms. The van der Waals surface area contributed by atoms with Gasteiger partial charge in [-0.3, -0.25) is 0 Å². The second kappa shape index (κ2) is 20.5. The molecule has 0 saturated heterocycles. The summed E-state index contributed by atoms with van der Waals surface area (Å²) in [6, 6.07) is 27.6. The van der Waals surface area contributed by atoms with E-state index in [9.17, 15) is 9.59 Å². The fourth-order valence-corrected chi connectivity index (χ4v) is 6.92. The minimum atomic E-state index is -0.351. The average molecular weight is 713 g/mol. The van der Waals surface area contributed by atoms with Crippen LogP contribution in [0.2, 0.25) is 0 Å². The molecule has 0 fully saturated rings. The predicted molar refractivity (Wildman–Crippen MR) is 222 cm³/mol. The van der Waals surface area contributed by atoms with Gasteiger partial charge in [-0.05, 0) is 139 Å². The van der Waals surface area contributed by atoms with Crippen molar-refractivity contribution < 1.29 is 19.1 Å². The van der Waals surface area contributed by atoms with Crippen LogP contribution in [0.15, 0.2) is 97.1 Å². The number of unbranched alkanes of at least 4 members (excludes halogenated alkanes) is 3. The molecule has 0 N–H and O–H groups in total. The van der Waals surface area contributed by atoms with E-state index in [0.717, 1.165) is 44.9 Å². The summed E-state index contributed by atoms with van der Waals surface area (Å²) >= 11 is 0. The molecule has 0 aliphatic rings. The molecule has 0 saturated carbocycles. The smallest absolute Gasteiger partial charge is 0.333 e. The molecule has 0 aliphatic carbocycles. The monoisotopic (exact) mass is 712 g/mol. The van der Waals surface area contributed by atoms with E-state index in [1.165, 1.54) is 92.4 Å². The number of hydrogen-bond acceptors (Lipinski definition) is 4. The van der Waals surface area contributed by atoms with Crippen LogP contribution in [0.25, 0.3) is 33.4 Å². The van der Waals surface area contributed by atoms with Crippen LogP contribution >= 0.6 is 0 Å². The molecule has 0 unspecified atom stereocenters. The maximum Gasteiger partial charge on any atom is 0.333 e. The first-order valence-corrected chi connectivity index (χ1v) is 19.7. The molecule has 280 valence electrons. The average Bonchev–Trinajstić information content (AvgIpc) is 3.17. The van der Waals surface area contributed by atoms with Crippen LogP contribution in [0, 0.1) is 6.92 Å². The first-order valence-electron chi connectivity index (χ1n) is 19.7. The zero-order chi connectivity index (χ0) is 38.3. The molecule has 0 heterocycles. The van der Waals surface area contributed by atoms with Crippen molar-refractivity contribution in [2.24, 2.45) is 0 Å². The Morgan fingerprint density at radius 3 is 1.43 bits per heavy atom. The van der Waals surface area contributed by atoms with Crippen LogP contribution in [-0.4, -0.2) is 25.2 Å². The Balaban J connectivity index is 1.60. The maximum atomic E-state index is 12.0. The number of ether oxygens (including phenoxy) is 2. The number of rotatable bonds is 20. The molecule has 4 nitrogen and oxygen atoms in total. The first-order chi connectivity index (χ1) is 25.6. The Hall–Kier alpha value is -4.70. The van der Waals surface area contributed by atoms with Crippen LogP contribution in [0.1, 0.15) is 107 Å². The summed E-state index contributed by atoms with van der Waals surface area (Å²) in [6.07, 6.45) is 11.2. The summed E-state index contributed by atoms with van der Waals surface area (Å²) in [4.78, 5) is 23.9. The van der Waals surface area contributed by atoms with Crippen LogP contribution in [-0.2, 0) is 51.2 Å². The zero-order valence-electron chi connectivity index (χ0n) is 33.2. The van der Waals surface area contributed by atoms with Crippen molar-refractivity contribution in [3.8, 4) is 33.4 Å². The highest BCUT2D eigenvalue weighted by molar-refractivity contribution is 5.87. The Kier molecular flexibility index (Phi) is 15.9. The van der Waals surface area contributed by atoms with Gasteiger partial charge in [0.1, 0.15) is 0 Å².